The van der Waals surface area contributed by atoms with Gasteiger partial charge in [0.25, 0.3) is 0 Å². The molecule has 6 nitrogen and oxygen atoms in total. The molecule has 2 heterocycles. The van der Waals surface area contributed by atoms with Gasteiger partial charge in [-0.1, -0.05) is 86.5 Å². The first kappa shape index (κ1) is 36.6. The van der Waals surface area contributed by atoms with E-state index >= 15 is 0 Å². The van der Waals surface area contributed by atoms with E-state index in [1.165, 1.54) is 29.8 Å². The smallest absolute Gasteiger partial charge is 0.416 e. The Bertz CT molecular complexity index is 1690. The SMILES string of the molecule is CCCCCc1ccc(CN(C(=O)/C=C/c2ccc(C(F)(F)F)cc2)[C@@H](Cc2ccccc2)C(=O)N2CCN(Cc3ccc(C)o3)CC2)cc1. The zero-order valence-corrected chi connectivity index (χ0v) is 28.9. The van der Waals surface area contributed by atoms with E-state index in [9.17, 15) is 22.8 Å². The summed E-state index contributed by atoms with van der Waals surface area (Å²) in [6.45, 7) is 7.33. The molecule has 5 rings (SSSR count). The first-order valence-electron chi connectivity index (χ1n) is 17.4. The minimum absolute atomic E-state index is 0.130. The van der Waals surface area contributed by atoms with Crippen LogP contribution in [0.4, 0.5) is 13.2 Å². The molecule has 0 unspecified atom stereocenters. The standard InChI is InChI=1S/C41H46F3N3O3/c1-3-4-6-9-32-13-15-35(16-14-32)29-47(39(48)23-19-33-17-20-36(21-18-33)41(42,43)44)38(28-34-10-7-5-8-11-34)40(49)46-26-24-45(25-27-46)30-37-22-12-31(2)50-37/h5,7-8,10-23,38H,3-4,6,9,24-30H2,1-2H3/b23-19+/t38-/m0/s1. The maximum atomic E-state index is 14.5. The van der Waals surface area contributed by atoms with Crippen molar-refractivity contribution in [1.82, 2.24) is 14.7 Å². The number of halogens is 3. The number of hydrogen-bond donors (Lipinski definition) is 0. The van der Waals surface area contributed by atoms with Crippen LogP contribution >= 0.6 is 0 Å². The fourth-order valence-corrected chi connectivity index (χ4v) is 6.27. The predicted molar refractivity (Wildman–Crippen MR) is 190 cm³/mol. The minimum Gasteiger partial charge on any atom is -0.465 e. The molecule has 2 amide bonds. The zero-order valence-electron chi connectivity index (χ0n) is 28.9. The highest BCUT2D eigenvalue weighted by Gasteiger charge is 2.34. The second kappa shape index (κ2) is 17.3. The van der Waals surface area contributed by atoms with Gasteiger partial charge < -0.3 is 14.2 Å². The van der Waals surface area contributed by atoms with Crippen LogP contribution < -0.4 is 0 Å². The van der Waals surface area contributed by atoms with Crippen LogP contribution in [0, 0.1) is 6.92 Å². The van der Waals surface area contributed by atoms with Crippen molar-refractivity contribution < 1.29 is 27.2 Å². The van der Waals surface area contributed by atoms with Gasteiger partial charge in [0.2, 0.25) is 11.8 Å². The van der Waals surface area contributed by atoms with Crippen LogP contribution in [0.5, 0.6) is 0 Å². The van der Waals surface area contributed by atoms with Gasteiger partial charge in [-0.2, -0.15) is 13.2 Å². The number of hydrogen-bond acceptors (Lipinski definition) is 4. The average Bonchev–Trinajstić information content (AvgIpc) is 3.53. The topological polar surface area (TPSA) is 57.0 Å². The number of carbonyl (C=O) groups is 2. The van der Waals surface area contributed by atoms with Crippen molar-refractivity contribution >= 4 is 17.9 Å². The molecule has 0 bridgehead atoms. The number of furan rings is 1. The Morgan fingerprint density at radius 1 is 0.840 bits per heavy atom. The van der Waals surface area contributed by atoms with Crippen LogP contribution in [-0.2, 0) is 41.7 Å². The van der Waals surface area contributed by atoms with Gasteiger partial charge >= 0.3 is 6.18 Å². The molecule has 0 aliphatic carbocycles. The largest absolute Gasteiger partial charge is 0.465 e. The van der Waals surface area contributed by atoms with Crippen molar-refractivity contribution in [3.8, 4) is 0 Å². The third-order valence-electron chi connectivity index (χ3n) is 9.18. The number of rotatable bonds is 14. The summed E-state index contributed by atoms with van der Waals surface area (Å²) >= 11 is 0. The first-order valence-corrected chi connectivity index (χ1v) is 17.4. The Kier molecular flexibility index (Phi) is 12.7. The van der Waals surface area contributed by atoms with E-state index in [-0.39, 0.29) is 12.5 Å². The molecule has 1 saturated heterocycles. The van der Waals surface area contributed by atoms with Crippen LogP contribution in [0.1, 0.15) is 65.5 Å². The van der Waals surface area contributed by atoms with Gasteiger partial charge in [0.1, 0.15) is 17.6 Å². The third kappa shape index (κ3) is 10.4. The number of amides is 2. The molecular weight excluding hydrogens is 639 g/mol. The first-order chi connectivity index (χ1) is 24.1. The van der Waals surface area contributed by atoms with Gasteiger partial charge in [0.05, 0.1) is 12.1 Å². The lowest BCUT2D eigenvalue weighted by atomic mass is 10.0. The van der Waals surface area contributed by atoms with E-state index in [4.69, 9.17) is 4.42 Å². The molecule has 1 aliphatic rings. The fraction of sp³-hybridized carbons (Fsp3) is 0.366. The van der Waals surface area contributed by atoms with Crippen molar-refractivity contribution in [3.05, 3.63) is 136 Å². The van der Waals surface area contributed by atoms with Crippen molar-refractivity contribution in [1.29, 1.82) is 0 Å². The third-order valence-corrected chi connectivity index (χ3v) is 9.18. The number of unbranched alkanes of at least 4 members (excludes halogenated alkanes) is 2. The van der Waals surface area contributed by atoms with Crippen LogP contribution in [-0.4, -0.2) is 58.7 Å². The Balaban J connectivity index is 1.40. The summed E-state index contributed by atoms with van der Waals surface area (Å²) in [6, 6.07) is 25.6. The van der Waals surface area contributed by atoms with Gasteiger partial charge in [-0.15, -0.1) is 0 Å². The molecule has 4 aromatic rings. The lowest BCUT2D eigenvalue weighted by molar-refractivity contribution is -0.145. The maximum absolute atomic E-state index is 14.5. The minimum atomic E-state index is -4.45. The van der Waals surface area contributed by atoms with Crippen molar-refractivity contribution in [2.75, 3.05) is 26.2 Å². The molecule has 1 atom stereocenters. The summed E-state index contributed by atoms with van der Waals surface area (Å²) in [5, 5.41) is 0. The normalized spacial score (nSPS) is 14.6. The molecule has 0 N–H and O–H groups in total. The molecule has 264 valence electrons. The summed E-state index contributed by atoms with van der Waals surface area (Å²) in [4.78, 5) is 34.3. The number of aryl methyl sites for hydroxylation is 2. The van der Waals surface area contributed by atoms with Crippen LogP contribution in [0.15, 0.2) is 101 Å². The molecule has 50 heavy (non-hydrogen) atoms. The van der Waals surface area contributed by atoms with E-state index in [1.807, 2.05) is 66.4 Å². The van der Waals surface area contributed by atoms with E-state index in [2.05, 4.69) is 24.0 Å². The van der Waals surface area contributed by atoms with Crippen LogP contribution in [0.25, 0.3) is 6.08 Å². The summed E-state index contributed by atoms with van der Waals surface area (Å²) in [5.41, 5.74) is 2.74. The Labute approximate surface area is 293 Å². The number of carbonyl (C=O) groups excluding carboxylic acids is 2. The predicted octanol–water partition coefficient (Wildman–Crippen LogP) is 8.34. The van der Waals surface area contributed by atoms with E-state index in [0.717, 1.165) is 60.5 Å². The highest BCUT2D eigenvalue weighted by Crippen LogP contribution is 2.29. The fourth-order valence-electron chi connectivity index (χ4n) is 6.27. The molecule has 1 aromatic heterocycles. The molecule has 0 saturated carbocycles. The zero-order chi connectivity index (χ0) is 35.5. The van der Waals surface area contributed by atoms with E-state index < -0.39 is 23.7 Å². The van der Waals surface area contributed by atoms with Gasteiger partial charge in [0.15, 0.2) is 0 Å². The summed E-state index contributed by atoms with van der Waals surface area (Å²) in [5.74, 6) is 1.23. The second-order valence-corrected chi connectivity index (χ2v) is 13.0. The maximum Gasteiger partial charge on any atom is 0.416 e. The Hall–Kier alpha value is -4.63. The van der Waals surface area contributed by atoms with Crippen molar-refractivity contribution in [2.45, 2.75) is 71.3 Å². The average molecular weight is 686 g/mol. The molecule has 9 heteroatoms. The summed E-state index contributed by atoms with van der Waals surface area (Å²) < 4.78 is 45.2. The number of nitrogens with zero attached hydrogens (tertiary/aromatic N) is 3. The summed E-state index contributed by atoms with van der Waals surface area (Å²) in [7, 11) is 0. The quantitative estimate of drug-likeness (QED) is 0.0990. The highest BCUT2D eigenvalue weighted by molar-refractivity contribution is 5.95. The molecule has 1 fully saturated rings. The highest BCUT2D eigenvalue weighted by atomic mass is 19.4. The van der Waals surface area contributed by atoms with Gasteiger partial charge in [-0.05, 0) is 72.4 Å². The Morgan fingerprint density at radius 2 is 1.52 bits per heavy atom. The van der Waals surface area contributed by atoms with Gasteiger partial charge in [0, 0.05) is 45.2 Å². The van der Waals surface area contributed by atoms with Crippen LogP contribution in [0.2, 0.25) is 0 Å². The number of piperazine rings is 1. The molecule has 0 spiro atoms. The van der Waals surface area contributed by atoms with Crippen molar-refractivity contribution in [2.24, 2.45) is 0 Å². The molecule has 1 aliphatic heterocycles. The lowest BCUT2D eigenvalue weighted by Crippen LogP contribution is -2.56. The van der Waals surface area contributed by atoms with E-state index in [0.29, 0.717) is 44.7 Å². The van der Waals surface area contributed by atoms with Crippen LogP contribution in [0.3, 0.4) is 0 Å². The van der Waals surface area contributed by atoms with Crippen molar-refractivity contribution in [3.63, 3.8) is 0 Å². The Morgan fingerprint density at radius 3 is 2.14 bits per heavy atom. The molecule has 0 radical (unpaired) electrons. The van der Waals surface area contributed by atoms with Gasteiger partial charge in [-0.3, -0.25) is 14.5 Å². The second-order valence-electron chi connectivity index (χ2n) is 13.0. The number of alkyl halides is 3. The number of benzene rings is 3. The monoisotopic (exact) mass is 685 g/mol. The molecular formula is C41H46F3N3O3. The lowest BCUT2D eigenvalue weighted by Gasteiger charge is -2.39. The molecule has 3 aromatic carbocycles. The summed E-state index contributed by atoms with van der Waals surface area (Å²) in [6.07, 6.45) is 3.13. The van der Waals surface area contributed by atoms with Gasteiger partial charge in [-0.25, -0.2) is 0 Å². The van der Waals surface area contributed by atoms with E-state index in [1.54, 1.807) is 4.90 Å².